The second-order valence-corrected chi connectivity index (χ2v) is 17.9. The van der Waals surface area contributed by atoms with Gasteiger partial charge in [-0.1, -0.05) is 145 Å². The summed E-state index contributed by atoms with van der Waals surface area (Å²) < 4.78 is 11.0. The molecular weight excluding hydrogens is 799 g/mol. The van der Waals surface area contributed by atoms with Crippen molar-refractivity contribution in [2.24, 2.45) is 0 Å². The number of hydrogen-bond acceptors (Lipinski definition) is 5. The Morgan fingerprint density at radius 1 is 0.415 bits per heavy atom. The van der Waals surface area contributed by atoms with Gasteiger partial charge in [-0.05, 0) is 175 Å². The summed E-state index contributed by atoms with van der Waals surface area (Å²) in [6.45, 7) is 9.63. The van der Waals surface area contributed by atoms with Gasteiger partial charge in [-0.3, -0.25) is 0 Å². The Balaban J connectivity index is 1.34. The van der Waals surface area contributed by atoms with Crippen LogP contribution in [0.3, 0.4) is 0 Å². The van der Waals surface area contributed by atoms with Gasteiger partial charge in [0.25, 0.3) is 0 Å². The molecule has 0 aromatic heterocycles. The standard InChI is InChI=1S/C60H87NO4/c1-5-7-9-11-13-15-17-19-21-23-25-27-29-31-37-59(62)64-49-33-35-54-40-45-56(46-41-54)61(58-44-39-52(3)53(4)51-58)57-47-42-55(43-48-57)36-34-50-65-60(63)38-32-30-28-26-24-22-20-18-16-14-12-10-8-6-2/h13-16,31-32,37-48,51H,5-12,17-30,33-36,49-50H2,1-4H3. The summed E-state index contributed by atoms with van der Waals surface area (Å²) in [5.41, 5.74) is 8.23. The average molecular weight is 886 g/mol. The topological polar surface area (TPSA) is 55.8 Å². The molecule has 5 heteroatoms. The number of hydrogen-bond donors (Lipinski definition) is 0. The van der Waals surface area contributed by atoms with Crippen molar-refractivity contribution >= 4 is 29.0 Å². The van der Waals surface area contributed by atoms with Gasteiger partial charge in [0.15, 0.2) is 0 Å². The molecule has 0 heterocycles. The first kappa shape index (κ1) is 54.7. The number of unbranched alkanes of at least 4 members (excludes halogenated alkanes) is 18. The second-order valence-electron chi connectivity index (χ2n) is 17.9. The van der Waals surface area contributed by atoms with Crippen LogP contribution in [0.25, 0.3) is 0 Å². The summed E-state index contributed by atoms with van der Waals surface area (Å²) in [6.07, 6.45) is 46.7. The molecule has 0 radical (unpaired) electrons. The predicted octanol–water partition coefficient (Wildman–Crippen LogP) is 17.6. The lowest BCUT2D eigenvalue weighted by Crippen LogP contribution is -2.10. The summed E-state index contributed by atoms with van der Waals surface area (Å²) in [6, 6.07) is 24.1. The fourth-order valence-corrected chi connectivity index (χ4v) is 7.89. The summed E-state index contributed by atoms with van der Waals surface area (Å²) in [7, 11) is 0. The highest BCUT2D eigenvalue weighted by molar-refractivity contribution is 5.82. The van der Waals surface area contributed by atoms with Crippen LogP contribution in [0.15, 0.2) is 115 Å². The van der Waals surface area contributed by atoms with Gasteiger partial charge in [0.1, 0.15) is 0 Å². The average Bonchev–Trinajstić information content (AvgIpc) is 3.31. The number of benzene rings is 3. The Bertz CT molecular complexity index is 1690. The van der Waals surface area contributed by atoms with Crippen molar-refractivity contribution in [2.45, 2.75) is 195 Å². The molecule has 0 aliphatic rings. The quantitative estimate of drug-likeness (QED) is 0.0250. The van der Waals surface area contributed by atoms with E-state index in [1.807, 2.05) is 12.2 Å². The van der Waals surface area contributed by atoms with Crippen molar-refractivity contribution in [3.8, 4) is 0 Å². The smallest absolute Gasteiger partial charge is 0.330 e. The molecule has 0 aliphatic carbocycles. The van der Waals surface area contributed by atoms with Crippen LogP contribution in [0.4, 0.5) is 17.1 Å². The van der Waals surface area contributed by atoms with Gasteiger partial charge in [0.05, 0.1) is 13.2 Å². The molecule has 356 valence electrons. The zero-order valence-electron chi connectivity index (χ0n) is 41.3. The van der Waals surface area contributed by atoms with E-state index in [2.05, 4.69) is 124 Å². The largest absolute Gasteiger partial charge is 0.463 e. The van der Waals surface area contributed by atoms with Crippen LogP contribution < -0.4 is 4.90 Å². The van der Waals surface area contributed by atoms with Crippen molar-refractivity contribution in [1.82, 2.24) is 0 Å². The van der Waals surface area contributed by atoms with Crippen LogP contribution >= 0.6 is 0 Å². The Hall–Kier alpha value is -4.64. The Labute approximate surface area is 396 Å². The van der Waals surface area contributed by atoms with E-state index in [-0.39, 0.29) is 11.9 Å². The van der Waals surface area contributed by atoms with Crippen molar-refractivity contribution in [1.29, 1.82) is 0 Å². The minimum Gasteiger partial charge on any atom is -0.463 e. The minimum absolute atomic E-state index is 0.244. The first-order chi connectivity index (χ1) is 31.9. The molecule has 3 aromatic rings. The van der Waals surface area contributed by atoms with E-state index in [1.54, 1.807) is 12.2 Å². The molecule has 65 heavy (non-hydrogen) atoms. The van der Waals surface area contributed by atoms with E-state index < -0.39 is 0 Å². The Morgan fingerprint density at radius 2 is 0.769 bits per heavy atom. The number of allylic oxidation sites excluding steroid dienone is 6. The van der Waals surface area contributed by atoms with Crippen LogP contribution in [0.2, 0.25) is 0 Å². The molecule has 0 saturated carbocycles. The zero-order chi connectivity index (χ0) is 46.4. The Kier molecular flexibility index (Phi) is 30.8. The molecule has 0 aliphatic heterocycles. The third-order valence-electron chi connectivity index (χ3n) is 12.1. The fraction of sp³-hybridized carbons (Fsp3) is 0.533. The maximum Gasteiger partial charge on any atom is 0.330 e. The number of carbonyl (C=O) groups excluding carboxylic acids is 2. The molecular formula is C60H87NO4. The van der Waals surface area contributed by atoms with Gasteiger partial charge < -0.3 is 14.4 Å². The predicted molar refractivity (Wildman–Crippen MR) is 279 cm³/mol. The van der Waals surface area contributed by atoms with Gasteiger partial charge in [-0.25, -0.2) is 9.59 Å². The number of carbonyl (C=O) groups is 2. The molecule has 3 aromatic carbocycles. The molecule has 3 rings (SSSR count). The highest BCUT2D eigenvalue weighted by atomic mass is 16.5. The van der Waals surface area contributed by atoms with Crippen LogP contribution in [0, 0.1) is 13.8 Å². The van der Waals surface area contributed by atoms with Gasteiger partial charge in [0, 0.05) is 29.2 Å². The zero-order valence-corrected chi connectivity index (χ0v) is 41.3. The molecule has 0 amide bonds. The lowest BCUT2D eigenvalue weighted by atomic mass is 10.1. The lowest BCUT2D eigenvalue weighted by molar-refractivity contribution is -0.138. The van der Waals surface area contributed by atoms with Gasteiger partial charge >= 0.3 is 11.9 Å². The molecule has 0 atom stereocenters. The number of ether oxygens (including phenoxy) is 2. The SMILES string of the molecule is CCCCCC=CCCCCCCCC=CC(=O)OCCCc1ccc(N(c2ccc(CCCOC(=O)C=CCCCCCCCC=CCCCCC)cc2)c2ccc(C)c(C)c2)cc1. The van der Waals surface area contributed by atoms with Gasteiger partial charge in [-0.15, -0.1) is 0 Å². The van der Waals surface area contributed by atoms with Gasteiger partial charge in [-0.2, -0.15) is 0 Å². The van der Waals surface area contributed by atoms with Gasteiger partial charge in [0.2, 0.25) is 0 Å². The summed E-state index contributed by atoms with van der Waals surface area (Å²) in [5, 5.41) is 0. The number of anilines is 3. The summed E-state index contributed by atoms with van der Waals surface area (Å²) in [4.78, 5) is 26.9. The highest BCUT2D eigenvalue weighted by Crippen LogP contribution is 2.36. The number of aryl methyl sites for hydroxylation is 4. The van der Waals surface area contributed by atoms with E-state index in [1.165, 1.54) is 138 Å². The van der Waals surface area contributed by atoms with Crippen molar-refractivity contribution in [3.63, 3.8) is 0 Å². The maximum atomic E-state index is 12.3. The molecule has 0 N–H and O–H groups in total. The molecule has 5 nitrogen and oxygen atoms in total. The monoisotopic (exact) mass is 886 g/mol. The first-order valence-corrected chi connectivity index (χ1v) is 25.9. The number of nitrogens with zero attached hydrogens (tertiary/aromatic N) is 1. The molecule has 0 spiro atoms. The maximum absolute atomic E-state index is 12.3. The second kappa shape index (κ2) is 36.6. The normalized spacial score (nSPS) is 11.8. The van der Waals surface area contributed by atoms with E-state index >= 15 is 0 Å². The highest BCUT2D eigenvalue weighted by Gasteiger charge is 2.14. The van der Waals surface area contributed by atoms with Crippen molar-refractivity contribution in [2.75, 3.05) is 18.1 Å². The molecule has 0 saturated heterocycles. The van der Waals surface area contributed by atoms with Crippen LogP contribution in [-0.2, 0) is 31.9 Å². The molecule has 0 unspecified atom stereocenters. The lowest BCUT2D eigenvalue weighted by Gasteiger charge is -2.26. The first-order valence-electron chi connectivity index (χ1n) is 25.9. The van der Waals surface area contributed by atoms with Crippen molar-refractivity contribution < 1.29 is 19.1 Å². The third kappa shape index (κ3) is 26.2. The number of esters is 2. The van der Waals surface area contributed by atoms with Crippen LogP contribution in [-0.4, -0.2) is 25.2 Å². The van der Waals surface area contributed by atoms with Crippen LogP contribution in [0.5, 0.6) is 0 Å². The van der Waals surface area contributed by atoms with Crippen LogP contribution in [0.1, 0.15) is 190 Å². The van der Waals surface area contributed by atoms with E-state index in [4.69, 9.17) is 9.47 Å². The molecule has 0 fully saturated rings. The minimum atomic E-state index is -0.244. The van der Waals surface area contributed by atoms with E-state index in [0.29, 0.717) is 13.2 Å². The summed E-state index contributed by atoms with van der Waals surface area (Å²) in [5.74, 6) is -0.488. The summed E-state index contributed by atoms with van der Waals surface area (Å²) >= 11 is 0. The Morgan fingerprint density at radius 3 is 1.15 bits per heavy atom. The van der Waals surface area contributed by atoms with Crippen molar-refractivity contribution in [3.05, 3.63) is 138 Å². The molecule has 0 bridgehead atoms. The fourth-order valence-electron chi connectivity index (χ4n) is 7.89. The van der Waals surface area contributed by atoms with E-state index in [0.717, 1.165) is 68.4 Å². The third-order valence-corrected chi connectivity index (χ3v) is 12.1. The number of rotatable bonds is 37. The van der Waals surface area contributed by atoms with E-state index in [9.17, 15) is 9.59 Å².